The number of carbonyl (C=O) groups excluding carboxylic acids is 7. The predicted octanol–water partition coefficient (Wildman–Crippen LogP) is 15.0. The first-order chi connectivity index (χ1) is 45.6. The maximum Gasteiger partial charge on any atom is 2.00 e. The minimum atomic E-state index is -1.22. The van der Waals surface area contributed by atoms with Crippen LogP contribution in [-0.4, -0.2) is 156 Å². The number of urea groups is 2. The van der Waals surface area contributed by atoms with Crippen LogP contribution in [0.1, 0.15) is 32.3 Å². The van der Waals surface area contributed by atoms with Gasteiger partial charge in [0.15, 0.2) is 5.72 Å². The first-order valence-corrected chi connectivity index (χ1v) is 36.6. The van der Waals surface area contributed by atoms with Crippen molar-refractivity contribution in [2.45, 2.75) is 38.8 Å². The van der Waals surface area contributed by atoms with Gasteiger partial charge in [-0.05, 0) is 192 Å². The molecule has 0 aliphatic carbocycles. The second-order valence-corrected chi connectivity index (χ2v) is 27.1. The molecule has 98 heavy (non-hydrogen) atoms. The Kier molecular flexibility index (Phi) is 53.0. The fourth-order valence-electron chi connectivity index (χ4n) is 7.06. The summed E-state index contributed by atoms with van der Waals surface area (Å²) in [4.78, 5) is 101. The Morgan fingerprint density at radius 3 is 1.35 bits per heavy atom. The number of aliphatic hydroxyl groups is 1. The van der Waals surface area contributed by atoms with Crippen molar-refractivity contribution in [2.75, 3.05) is 92.0 Å². The van der Waals surface area contributed by atoms with E-state index in [4.69, 9.17) is 15.4 Å². The van der Waals surface area contributed by atoms with Gasteiger partial charge in [-0.1, -0.05) is 162 Å². The molecule has 4 N–H and O–H groups in total. The number of aliphatic imine (C=N–C) groups is 1. The molecule has 1 saturated heterocycles. The Hall–Kier alpha value is -3.77. The third-order valence-corrected chi connectivity index (χ3v) is 18.0. The fourth-order valence-corrected chi connectivity index (χ4v) is 9.27. The van der Waals surface area contributed by atoms with Gasteiger partial charge in [0.25, 0.3) is 11.8 Å². The van der Waals surface area contributed by atoms with Crippen LogP contribution >= 0.6 is 159 Å². The summed E-state index contributed by atoms with van der Waals surface area (Å²) in [6, 6.07) is 51.1. The average molecular weight is 2070 g/mol. The van der Waals surface area contributed by atoms with Crippen molar-refractivity contribution in [1.29, 1.82) is 0 Å². The minimum absolute atomic E-state index is 0. The van der Waals surface area contributed by atoms with E-state index >= 15 is 0 Å². The number of anilines is 5. The van der Waals surface area contributed by atoms with E-state index in [9.17, 15) is 38.7 Å². The summed E-state index contributed by atoms with van der Waals surface area (Å²) < 4.78 is 6.73. The van der Waals surface area contributed by atoms with Crippen molar-refractivity contribution in [3.63, 3.8) is 0 Å². The summed E-state index contributed by atoms with van der Waals surface area (Å²) in [5.74, 6) is -0.454. The van der Waals surface area contributed by atoms with Crippen LogP contribution in [0.3, 0.4) is 0 Å². The van der Waals surface area contributed by atoms with Gasteiger partial charge in [0.05, 0.1) is 44.2 Å². The van der Waals surface area contributed by atoms with Crippen molar-refractivity contribution >= 4 is 257 Å². The fraction of sp³-hybridized carbons (Fsp3) is 0.242. The number of nitrogen functional groups attached to an aromatic ring is 1. The zero-order valence-electron chi connectivity index (χ0n) is 54.4. The largest absolute Gasteiger partial charge is 2.00 e. The molecule has 0 aromatic heterocycles. The summed E-state index contributed by atoms with van der Waals surface area (Å²) in [5, 5.41) is 18.0. The molecule has 0 radical (unpaired) electrons. The van der Waals surface area contributed by atoms with Gasteiger partial charge in [0.1, 0.15) is 6.54 Å². The number of carbonyl (C=O) groups is 6. The second-order valence-electron chi connectivity index (χ2n) is 18.7. The summed E-state index contributed by atoms with van der Waals surface area (Å²) in [6.45, 7) is 6.96. The van der Waals surface area contributed by atoms with Gasteiger partial charge in [-0.15, -0.1) is 0 Å². The first-order valence-electron chi connectivity index (χ1n) is 28.1. The van der Waals surface area contributed by atoms with Crippen molar-refractivity contribution in [3.05, 3.63) is 214 Å². The summed E-state index contributed by atoms with van der Waals surface area (Å²) in [7, 11) is 8.99. The van der Waals surface area contributed by atoms with Crippen molar-refractivity contribution in [1.82, 2.24) is 15.2 Å². The van der Waals surface area contributed by atoms with Crippen LogP contribution in [0.15, 0.2) is 206 Å². The Morgan fingerprint density at radius 2 is 0.969 bits per heavy atom. The molecule has 1 aliphatic rings. The zero-order valence-corrected chi connectivity index (χ0v) is 73.3. The predicted molar refractivity (Wildman–Crippen MR) is 424 cm³/mol. The molecule has 7 amide bonds. The summed E-state index contributed by atoms with van der Waals surface area (Å²) in [5.41, 5.74) is 9.42. The number of isocyanates is 1. The summed E-state index contributed by atoms with van der Waals surface area (Å²) >= 11 is 32.0. The maximum absolute atomic E-state index is 12.9. The van der Waals surface area contributed by atoms with Crippen LogP contribution in [0.5, 0.6) is 0 Å². The van der Waals surface area contributed by atoms with E-state index in [1.54, 1.807) is 74.4 Å². The Balaban J connectivity index is 0. The first kappa shape index (κ1) is 96.3. The molecular weight excluding hydrogens is 2000 g/mol. The number of nitrogens with two attached hydrogens (primary N) is 1. The monoisotopic (exact) mass is 2060 g/mol. The molecule has 1 unspecified atom stereocenters. The van der Waals surface area contributed by atoms with Gasteiger partial charge < -0.3 is 40.1 Å². The van der Waals surface area contributed by atoms with E-state index < -0.39 is 11.8 Å². The number of hydroxylamine groups is 6. The molecule has 7 aromatic carbocycles. The smallest absolute Gasteiger partial charge is 1.00 e. The van der Waals surface area contributed by atoms with E-state index in [2.05, 4.69) is 181 Å². The van der Waals surface area contributed by atoms with Crippen LogP contribution in [0, 0.1) is 6.92 Å². The molecule has 32 heteroatoms. The molecule has 526 valence electrons. The third-order valence-electron chi connectivity index (χ3n) is 12.3. The van der Waals surface area contributed by atoms with Crippen LogP contribution in [-0.2, 0) is 44.9 Å². The number of halogens is 11. The van der Waals surface area contributed by atoms with Crippen LogP contribution in [0.4, 0.5) is 43.7 Å². The van der Waals surface area contributed by atoms with Crippen LogP contribution in [0.25, 0.3) is 0 Å². The number of aryl methyl sites for hydroxylation is 1. The van der Waals surface area contributed by atoms with Crippen LogP contribution < -0.4 is 42.7 Å². The number of alkyl halides is 2. The standard InChI is InChI=1S/C17H17Br2N3O3.C17H16Br2N2O2.C11H14BrNO2.C7H4BrNO.C6H6BrN.C4H8BrNO2.C2H2Br2O.C2H5.BrH.Mg/c1-21(25-2)16(23)11-22(15-9-5-13(19)6-10-15)17(24)20-14-7-3-12(18)4-8-14;1-2-17(23)11-20(14-7-3-12(18)4-8-14)16(22)21(17)15-9-5-13(19)6-10-15;1-13(15-2)11(14)8-5-9-3-6-10(12)7-4-9;8-6-1-3-7(4-2-6)9-5-10;7-5-1-3-6(8)4-2-5;1-6(8-2)4(7)3-5;3-1-2(4)5;1-2;;/h3-10H,11H2,1-2H3,(H,20,24);3-10,23H,2,11H2,1H3;3-4,6-7H,5,8H2,1-2H3;1-4H;1-4H,8H2;3H2,1-2H3;1H2;1H2,2H3;1H;/q;;;;;;;-1;;+2/p-1. The van der Waals surface area contributed by atoms with Gasteiger partial charge in [-0.25, -0.2) is 29.6 Å². The van der Waals surface area contributed by atoms with Crippen molar-refractivity contribution in [3.8, 4) is 0 Å². The Morgan fingerprint density at radius 1 is 0.602 bits per heavy atom. The molecule has 8 rings (SSSR count). The third kappa shape index (κ3) is 37.9. The van der Waals surface area contributed by atoms with Gasteiger partial charge in [0, 0.05) is 87.3 Å². The molecule has 1 aliphatic heterocycles. The number of likely N-dealkylation sites (N-methyl/N-ethyl adjacent to an activating group) is 1. The second kappa shape index (κ2) is 54.0. The molecule has 1 atom stereocenters. The number of nitrogens with zero attached hydrogens (tertiary/aromatic N) is 7. The summed E-state index contributed by atoms with van der Waals surface area (Å²) in [6.07, 6.45) is 3.11. The molecule has 0 saturated carbocycles. The van der Waals surface area contributed by atoms with Gasteiger partial charge in [0.2, 0.25) is 16.7 Å². The van der Waals surface area contributed by atoms with Gasteiger partial charge in [-0.3, -0.25) is 48.4 Å². The maximum atomic E-state index is 12.9. The van der Waals surface area contributed by atoms with Gasteiger partial charge >= 0.3 is 35.1 Å². The normalized spacial score (nSPS) is 11.9. The molecule has 0 bridgehead atoms. The van der Waals surface area contributed by atoms with E-state index in [1.807, 2.05) is 128 Å². The minimum Gasteiger partial charge on any atom is -1.00 e. The molecule has 7 aromatic rings. The number of rotatable bonds is 16. The quantitative estimate of drug-likeness (QED) is 0.0120. The molecule has 1 heterocycles. The number of benzene rings is 7. The average Bonchev–Trinajstić information content (AvgIpc) is 1.61. The molecule has 20 nitrogen and oxygen atoms in total. The van der Waals surface area contributed by atoms with E-state index in [1.165, 1.54) is 49.3 Å². The van der Waals surface area contributed by atoms with Crippen molar-refractivity contribution in [2.24, 2.45) is 4.99 Å². The van der Waals surface area contributed by atoms with Gasteiger partial charge in [-0.2, -0.15) is 11.9 Å². The van der Waals surface area contributed by atoms with E-state index in [-0.39, 0.29) is 81.6 Å². The number of β-amino-alcohol motifs (C(OH)–C–C–N with tert-alkyl or cyclic N) is 1. The topological polar surface area (TPSA) is 237 Å². The van der Waals surface area contributed by atoms with E-state index in [0.29, 0.717) is 46.3 Å². The Labute approximate surface area is 683 Å². The zero-order chi connectivity index (χ0) is 72.5. The van der Waals surface area contributed by atoms with Crippen LogP contribution in [0.2, 0.25) is 0 Å². The number of nitrogens with one attached hydrogen (secondary N) is 1. The number of amides is 7. The van der Waals surface area contributed by atoms with Crippen molar-refractivity contribution < 1.29 is 70.2 Å². The van der Waals surface area contributed by atoms with E-state index in [0.717, 1.165) is 64.8 Å². The SMILES string of the molecule is CCC1(O)CN(c2ccc(Br)cc2)C(=O)N1c1ccc(Br)cc1.CON(C)C(=O)CBr.CON(C)C(=O)CCc1ccc(Br)cc1.CON(C)C(=O)CN(C(=O)Nc1ccc(Br)cc1)c1ccc(Br)cc1.Nc1ccc(Br)cc1.O=C(Br)CBr.O=C=Nc1ccc(Br)cc1.[Br-].[CH2-]C.[Mg+2]. The molecule has 0 spiro atoms. The molecular formula is C66H72Br11MgN9O11. The number of hydrogen-bond acceptors (Lipinski definition) is 13. The molecule has 1 fully saturated rings. The number of hydrogen-bond donors (Lipinski definition) is 3. The Bertz CT molecular complexity index is 3490.